The zero-order valence-corrected chi connectivity index (χ0v) is 18.9. The fourth-order valence-corrected chi connectivity index (χ4v) is 4.40. The molecular formula is C25H30FN3O3. The second kappa shape index (κ2) is 9.69. The van der Waals surface area contributed by atoms with Gasteiger partial charge >= 0.3 is 0 Å². The molecule has 2 aliphatic heterocycles. The first-order chi connectivity index (χ1) is 15.5. The largest absolute Gasteiger partial charge is 0.497 e. The van der Waals surface area contributed by atoms with Gasteiger partial charge in [0.15, 0.2) is 0 Å². The molecule has 0 aliphatic carbocycles. The molecule has 0 aromatic heterocycles. The van der Waals surface area contributed by atoms with Gasteiger partial charge in [0, 0.05) is 23.6 Å². The summed E-state index contributed by atoms with van der Waals surface area (Å²) in [7, 11) is 3.20. The van der Waals surface area contributed by atoms with Crippen LogP contribution in [-0.4, -0.2) is 55.4 Å². The van der Waals surface area contributed by atoms with Crippen LogP contribution in [0.25, 0.3) is 0 Å². The molecule has 6 nitrogen and oxygen atoms in total. The lowest BCUT2D eigenvalue weighted by atomic mass is 9.97. The molecular weight excluding hydrogens is 409 g/mol. The maximum absolute atomic E-state index is 13.9. The van der Waals surface area contributed by atoms with Gasteiger partial charge in [0.05, 0.1) is 32.5 Å². The highest BCUT2D eigenvalue weighted by molar-refractivity contribution is 6.03. The van der Waals surface area contributed by atoms with E-state index in [0.29, 0.717) is 41.7 Å². The van der Waals surface area contributed by atoms with Gasteiger partial charge in [-0.2, -0.15) is 5.10 Å². The summed E-state index contributed by atoms with van der Waals surface area (Å²) in [6, 6.07) is 11.6. The number of likely N-dealkylation sites (tertiary alicyclic amines) is 1. The number of benzene rings is 2. The van der Waals surface area contributed by atoms with E-state index in [9.17, 15) is 9.18 Å². The molecule has 2 aromatic rings. The number of rotatable bonds is 6. The monoisotopic (exact) mass is 439 g/mol. The minimum atomic E-state index is -0.328. The van der Waals surface area contributed by atoms with Crippen LogP contribution in [0.2, 0.25) is 0 Å². The van der Waals surface area contributed by atoms with Crippen LogP contribution in [0.4, 0.5) is 4.39 Å². The summed E-state index contributed by atoms with van der Waals surface area (Å²) in [5.41, 5.74) is 2.22. The maximum atomic E-state index is 13.9. The third-order valence-electron chi connectivity index (χ3n) is 6.36. The van der Waals surface area contributed by atoms with Crippen molar-refractivity contribution in [2.24, 2.45) is 11.0 Å². The summed E-state index contributed by atoms with van der Waals surface area (Å²) in [6.45, 7) is 4.40. The average molecular weight is 440 g/mol. The molecule has 1 atom stereocenters. The first kappa shape index (κ1) is 22.3. The Labute approximate surface area is 188 Å². The number of hydrogen-bond donors (Lipinski definition) is 0. The summed E-state index contributed by atoms with van der Waals surface area (Å²) < 4.78 is 24.8. The first-order valence-corrected chi connectivity index (χ1v) is 11.1. The van der Waals surface area contributed by atoms with Crippen LogP contribution in [0.3, 0.4) is 0 Å². The van der Waals surface area contributed by atoms with Gasteiger partial charge in [-0.15, -0.1) is 0 Å². The normalized spacial score (nSPS) is 19.7. The van der Waals surface area contributed by atoms with Gasteiger partial charge in [0.25, 0.3) is 5.91 Å². The minimum Gasteiger partial charge on any atom is -0.497 e. The van der Waals surface area contributed by atoms with Crippen molar-refractivity contribution in [3.05, 3.63) is 59.4 Å². The molecule has 0 bridgehead atoms. The smallest absolute Gasteiger partial charge is 0.257 e. The predicted octanol–water partition coefficient (Wildman–Crippen LogP) is 4.25. The number of methoxy groups -OCH3 is 2. The van der Waals surface area contributed by atoms with Crippen LogP contribution in [0.5, 0.6) is 11.5 Å². The number of carbonyl (C=O) groups is 1. The van der Waals surface area contributed by atoms with Crippen LogP contribution >= 0.6 is 0 Å². The molecule has 2 aliphatic rings. The number of hydrazone groups is 1. The van der Waals surface area contributed by atoms with E-state index >= 15 is 0 Å². The average Bonchev–Trinajstić information content (AvgIpc) is 3.25. The van der Waals surface area contributed by atoms with Gasteiger partial charge in [-0.05, 0) is 56.1 Å². The molecule has 0 N–H and O–H groups in total. The molecule has 0 radical (unpaired) electrons. The molecule has 1 saturated heterocycles. The van der Waals surface area contributed by atoms with E-state index in [-0.39, 0.29) is 17.8 Å². The molecule has 0 saturated carbocycles. The fraction of sp³-hybridized carbons (Fsp3) is 0.440. The highest BCUT2D eigenvalue weighted by Crippen LogP contribution is 2.39. The molecule has 1 fully saturated rings. The Bertz CT molecular complexity index is 1000. The molecule has 0 spiro atoms. The number of ether oxygens (including phenoxy) is 2. The lowest BCUT2D eigenvalue weighted by molar-refractivity contribution is -0.134. The second-order valence-electron chi connectivity index (χ2n) is 8.58. The predicted molar refractivity (Wildman–Crippen MR) is 122 cm³/mol. The van der Waals surface area contributed by atoms with Crippen molar-refractivity contribution in [1.82, 2.24) is 9.91 Å². The van der Waals surface area contributed by atoms with E-state index in [1.807, 2.05) is 24.3 Å². The molecule has 2 aromatic carbocycles. The van der Waals surface area contributed by atoms with Crippen molar-refractivity contribution in [3.8, 4) is 11.5 Å². The van der Waals surface area contributed by atoms with E-state index in [2.05, 4.69) is 16.9 Å². The van der Waals surface area contributed by atoms with Gasteiger partial charge in [-0.3, -0.25) is 9.69 Å². The Kier molecular flexibility index (Phi) is 6.74. The van der Waals surface area contributed by atoms with Crippen LogP contribution in [0, 0.1) is 11.7 Å². The van der Waals surface area contributed by atoms with Gasteiger partial charge in [-0.1, -0.05) is 19.1 Å². The summed E-state index contributed by atoms with van der Waals surface area (Å²) in [5.74, 6) is 1.62. The lowest BCUT2D eigenvalue weighted by Crippen LogP contribution is -2.41. The standard InChI is InChI=1S/C25H30FN3O3/c1-17-9-11-28(12-10-17)16-25(30)29-23(21-8-7-20(31-2)14-24(21)32-3)15-22(27-29)18-5-4-6-19(26)13-18/h4-8,13-14,17,23H,9-12,15-16H2,1-3H3. The molecule has 2 heterocycles. The Morgan fingerprint density at radius 3 is 2.59 bits per heavy atom. The van der Waals surface area contributed by atoms with Crippen molar-refractivity contribution < 1.29 is 18.7 Å². The fourth-order valence-electron chi connectivity index (χ4n) is 4.40. The molecule has 4 rings (SSSR count). The van der Waals surface area contributed by atoms with Crippen LogP contribution < -0.4 is 9.47 Å². The van der Waals surface area contributed by atoms with E-state index in [4.69, 9.17) is 9.47 Å². The Morgan fingerprint density at radius 2 is 1.91 bits per heavy atom. The van der Waals surface area contributed by atoms with Crippen molar-refractivity contribution >= 4 is 11.6 Å². The zero-order valence-electron chi connectivity index (χ0n) is 18.9. The third-order valence-corrected chi connectivity index (χ3v) is 6.36. The Balaban J connectivity index is 1.64. The van der Waals surface area contributed by atoms with Crippen molar-refractivity contribution in [1.29, 1.82) is 0 Å². The summed E-state index contributed by atoms with van der Waals surface area (Å²) in [6.07, 6.45) is 2.68. The number of halogens is 1. The third kappa shape index (κ3) is 4.78. The summed E-state index contributed by atoms with van der Waals surface area (Å²) >= 11 is 0. The van der Waals surface area contributed by atoms with Gasteiger partial charge in [0.1, 0.15) is 17.3 Å². The zero-order chi connectivity index (χ0) is 22.7. The number of hydrogen-bond acceptors (Lipinski definition) is 5. The number of nitrogens with zero attached hydrogens (tertiary/aromatic N) is 3. The Hall–Kier alpha value is -2.93. The second-order valence-corrected chi connectivity index (χ2v) is 8.58. The molecule has 170 valence electrons. The van der Waals surface area contributed by atoms with Crippen molar-refractivity contribution in [3.63, 3.8) is 0 Å². The highest BCUT2D eigenvalue weighted by atomic mass is 19.1. The maximum Gasteiger partial charge on any atom is 0.257 e. The number of carbonyl (C=O) groups excluding carboxylic acids is 1. The molecule has 1 unspecified atom stereocenters. The molecule has 7 heteroatoms. The topological polar surface area (TPSA) is 54.4 Å². The van der Waals surface area contributed by atoms with Crippen molar-refractivity contribution in [2.75, 3.05) is 33.9 Å². The van der Waals surface area contributed by atoms with E-state index < -0.39 is 0 Å². The minimum absolute atomic E-state index is 0.0613. The molecule has 32 heavy (non-hydrogen) atoms. The SMILES string of the molecule is COc1ccc(C2CC(c3cccc(F)c3)=NN2C(=O)CN2CCC(C)CC2)c(OC)c1. The van der Waals surface area contributed by atoms with Crippen molar-refractivity contribution in [2.45, 2.75) is 32.2 Å². The summed E-state index contributed by atoms with van der Waals surface area (Å²) in [5, 5.41) is 6.23. The summed E-state index contributed by atoms with van der Waals surface area (Å²) in [4.78, 5) is 15.6. The van der Waals surface area contributed by atoms with E-state index in [1.54, 1.807) is 25.3 Å². The van der Waals surface area contributed by atoms with Crippen LogP contribution in [-0.2, 0) is 4.79 Å². The Morgan fingerprint density at radius 1 is 1.12 bits per heavy atom. The van der Waals surface area contributed by atoms with E-state index in [0.717, 1.165) is 31.5 Å². The number of amides is 1. The van der Waals surface area contributed by atoms with E-state index in [1.165, 1.54) is 12.1 Å². The quantitative estimate of drug-likeness (QED) is 0.675. The van der Waals surface area contributed by atoms with Crippen LogP contribution in [0.1, 0.15) is 43.4 Å². The first-order valence-electron chi connectivity index (χ1n) is 11.1. The number of piperidine rings is 1. The highest BCUT2D eigenvalue weighted by Gasteiger charge is 2.36. The van der Waals surface area contributed by atoms with Gasteiger partial charge in [0.2, 0.25) is 0 Å². The van der Waals surface area contributed by atoms with Gasteiger partial charge < -0.3 is 9.47 Å². The van der Waals surface area contributed by atoms with Gasteiger partial charge in [-0.25, -0.2) is 9.40 Å². The van der Waals surface area contributed by atoms with Crippen LogP contribution in [0.15, 0.2) is 47.6 Å². The lowest BCUT2D eigenvalue weighted by Gasteiger charge is -2.31. The molecule has 1 amide bonds.